The zero-order chi connectivity index (χ0) is 49.1. The van der Waals surface area contributed by atoms with Gasteiger partial charge in [-0.2, -0.15) is 0 Å². The first-order chi connectivity index (χ1) is 29.9. The smallest absolute Gasteiger partial charge is 0.201 e. The Hall–Kier alpha value is -6.20. The van der Waals surface area contributed by atoms with E-state index in [0.717, 1.165) is 53.5 Å². The van der Waals surface area contributed by atoms with Gasteiger partial charge in [-0.3, -0.25) is 15.4 Å². The maximum absolute atomic E-state index is 7.00. The van der Waals surface area contributed by atoms with E-state index < -0.39 is 0 Å². The van der Waals surface area contributed by atoms with Crippen LogP contribution < -0.4 is 45.5 Å². The van der Waals surface area contributed by atoms with Gasteiger partial charge in [0, 0.05) is 43.6 Å². The van der Waals surface area contributed by atoms with E-state index in [1.54, 1.807) is 6.20 Å². The molecule has 0 radical (unpaired) electrons. The number of aliphatic imine (C=N–C) groups is 2. The molecule has 7 rings (SSSR count). The number of para-hydroxylation sites is 4. The molecule has 17 N–H and O–H groups in total. The number of aromatic amines is 1. The van der Waals surface area contributed by atoms with E-state index >= 15 is 0 Å². The van der Waals surface area contributed by atoms with E-state index in [1.165, 1.54) is 12.8 Å². The molecule has 0 saturated carbocycles. The standard InChI is InChI=1S/C10H13N3.C7H7N3.C6H11N3.C6H13N3.C5H11N3.C4H11N3.2C4H10.CH4/c1-7(2)13-9-6-4-3-5-8(9)12-10(13)11;8-7-9-5-3-1-2-4-6(5)10-7;1-5(2)9-4-3-8-6(9)7;1-4(2)5-3-8-6(7)9-5;6-5(7)8-3-1-2-4-8;1-3(2)7-4(5)6;2*1-4(2)3;/h3-7H,1-2H3,(H2,11,12);1-4H,(H3,8,9,10);3-5H,1-2H3,(H2,7,8);4-5H,3H2,1-2H3,(H3,7,8,9);1-4H2,(H3,6,7);3H,1-2H3,(H4,5,6,7);2*4H,1-3H3;1H4. The number of nitrogens with zero attached hydrogens (tertiary/aromatic N) is 8. The number of rotatable bonds is 4. The molecular formula is C47H90N18. The van der Waals surface area contributed by atoms with Crippen molar-refractivity contribution in [3.8, 4) is 0 Å². The Morgan fingerprint density at radius 2 is 1.25 bits per heavy atom. The monoisotopic (exact) mass is 907 g/mol. The van der Waals surface area contributed by atoms with Gasteiger partial charge in [-0.25, -0.2) is 15.0 Å². The lowest BCUT2D eigenvalue weighted by Crippen LogP contribution is -2.38. The Kier molecular flexibility index (Phi) is 30.4. The molecule has 0 bridgehead atoms. The van der Waals surface area contributed by atoms with Gasteiger partial charge in [0.05, 0.1) is 34.7 Å². The van der Waals surface area contributed by atoms with Gasteiger partial charge in [0.15, 0.2) is 29.8 Å². The molecule has 0 spiro atoms. The van der Waals surface area contributed by atoms with Crippen LogP contribution in [0.25, 0.3) is 22.1 Å². The zero-order valence-corrected chi connectivity index (χ0v) is 41.5. The largest absolute Gasteiger partial charge is 0.370 e. The van der Waals surface area contributed by atoms with Crippen LogP contribution in [0.15, 0.2) is 70.9 Å². The fraction of sp³-hybridized carbons (Fsp3) is 0.574. The highest BCUT2D eigenvalue weighted by Gasteiger charge is 2.17. The zero-order valence-electron chi connectivity index (χ0n) is 41.5. The summed E-state index contributed by atoms with van der Waals surface area (Å²) in [4.78, 5) is 24.8. The van der Waals surface area contributed by atoms with Gasteiger partial charge >= 0.3 is 0 Å². The third-order valence-electron chi connectivity index (χ3n) is 8.25. The molecule has 0 amide bonds. The highest BCUT2D eigenvalue weighted by Crippen LogP contribution is 2.21. The molecule has 18 heteroatoms. The van der Waals surface area contributed by atoms with Gasteiger partial charge < -0.3 is 64.5 Å². The average molecular weight is 907 g/mol. The predicted molar refractivity (Wildman–Crippen MR) is 282 cm³/mol. The number of benzene rings is 2. The lowest BCUT2D eigenvalue weighted by Gasteiger charge is -2.13. The lowest BCUT2D eigenvalue weighted by atomic mass is 10.1. The summed E-state index contributed by atoms with van der Waals surface area (Å²) in [5.74, 6) is 4.92. The Labute approximate surface area is 391 Å². The molecule has 0 aliphatic carbocycles. The number of nitrogens with two attached hydrogens (primary N) is 7. The van der Waals surface area contributed by atoms with Crippen LogP contribution in [0.4, 0.5) is 17.8 Å². The van der Waals surface area contributed by atoms with E-state index in [0.29, 0.717) is 47.8 Å². The summed E-state index contributed by atoms with van der Waals surface area (Å²) in [6.07, 6.45) is 5.97. The van der Waals surface area contributed by atoms with E-state index in [9.17, 15) is 0 Å². The number of nitrogens with one attached hydrogen (secondary N) is 3. The second-order valence-electron chi connectivity index (χ2n) is 17.8. The van der Waals surface area contributed by atoms with Crippen LogP contribution >= 0.6 is 0 Å². The van der Waals surface area contributed by atoms with Crippen LogP contribution in [0.1, 0.15) is 129 Å². The summed E-state index contributed by atoms with van der Waals surface area (Å²) >= 11 is 0. The number of nitrogen functional groups attached to an aromatic ring is 3. The van der Waals surface area contributed by atoms with Crippen LogP contribution in [0.2, 0.25) is 0 Å². The van der Waals surface area contributed by atoms with Crippen molar-refractivity contribution >= 4 is 57.8 Å². The minimum absolute atomic E-state index is 0. The number of fused-ring (bicyclic) bond motifs is 2. The fourth-order valence-electron chi connectivity index (χ4n) is 5.45. The van der Waals surface area contributed by atoms with Gasteiger partial charge in [0.25, 0.3) is 0 Å². The lowest BCUT2D eigenvalue weighted by molar-refractivity contribution is 0.483. The van der Waals surface area contributed by atoms with Gasteiger partial charge in [-0.05, 0) is 96.4 Å². The van der Waals surface area contributed by atoms with E-state index in [2.05, 4.69) is 118 Å². The summed E-state index contributed by atoms with van der Waals surface area (Å²) in [6, 6.07) is 17.2. The summed E-state index contributed by atoms with van der Waals surface area (Å²) in [5.41, 5.74) is 41.3. The second-order valence-corrected chi connectivity index (χ2v) is 17.8. The van der Waals surface area contributed by atoms with E-state index in [4.69, 9.17) is 45.5 Å². The molecule has 1 fully saturated rings. The van der Waals surface area contributed by atoms with Crippen molar-refractivity contribution < 1.29 is 0 Å². The second kappa shape index (κ2) is 32.5. The first-order valence-electron chi connectivity index (χ1n) is 22.3. The minimum Gasteiger partial charge on any atom is -0.370 e. The van der Waals surface area contributed by atoms with Crippen molar-refractivity contribution in [2.24, 2.45) is 50.7 Å². The molecular weight excluding hydrogens is 817 g/mol. The van der Waals surface area contributed by atoms with Crippen LogP contribution in [-0.2, 0) is 0 Å². The summed E-state index contributed by atoms with van der Waals surface area (Å²) in [6.45, 7) is 32.3. The molecule has 2 aliphatic heterocycles. The van der Waals surface area contributed by atoms with Crippen molar-refractivity contribution in [1.82, 2.24) is 39.3 Å². The molecule has 1 atom stereocenters. The van der Waals surface area contributed by atoms with Crippen molar-refractivity contribution in [2.45, 2.75) is 141 Å². The maximum Gasteiger partial charge on any atom is 0.201 e. The van der Waals surface area contributed by atoms with Gasteiger partial charge in [0.1, 0.15) is 0 Å². The Bertz CT molecular complexity index is 2000. The van der Waals surface area contributed by atoms with Gasteiger partial charge in [-0.1, -0.05) is 87.1 Å². The molecule has 3 aromatic heterocycles. The quantitative estimate of drug-likeness (QED) is 0.0607. The SMILES string of the molecule is C.CC(C)C.CC(C)C.CC(C)C1CN=C(N)N1.CC(C)N=C(N)N.CC(C)n1c(N)nc2ccccc21.CC(C)n1ccnc1N.N=C(N)N1CCCC1.Nc1nc2ccccc2[nH]1. The topological polar surface area (TPSA) is 310 Å². The Morgan fingerprint density at radius 3 is 1.58 bits per heavy atom. The Balaban J connectivity index is 0. The van der Waals surface area contributed by atoms with Crippen LogP contribution in [0, 0.1) is 23.2 Å². The normalized spacial score (nSPS) is 13.4. The summed E-state index contributed by atoms with van der Waals surface area (Å²) < 4.78 is 3.95. The third kappa shape index (κ3) is 26.9. The molecule has 2 aliphatic rings. The average Bonchev–Trinajstić information content (AvgIpc) is 4.02. The van der Waals surface area contributed by atoms with Crippen molar-refractivity contribution in [2.75, 3.05) is 36.8 Å². The van der Waals surface area contributed by atoms with Gasteiger partial charge in [-0.15, -0.1) is 0 Å². The molecule has 18 nitrogen and oxygen atoms in total. The number of hydrogen-bond donors (Lipinski definition) is 10. The van der Waals surface area contributed by atoms with Gasteiger partial charge in [0.2, 0.25) is 5.95 Å². The molecule has 1 unspecified atom stereocenters. The number of aromatic nitrogens is 6. The first kappa shape index (κ1) is 60.9. The van der Waals surface area contributed by atoms with Crippen molar-refractivity contribution in [3.05, 3.63) is 60.9 Å². The molecule has 5 aromatic rings. The van der Waals surface area contributed by atoms with Crippen LogP contribution in [-0.4, -0.2) is 83.6 Å². The van der Waals surface area contributed by atoms with E-state index in [-0.39, 0.29) is 25.4 Å². The molecule has 5 heterocycles. The fourth-order valence-corrected chi connectivity index (χ4v) is 5.45. The third-order valence-corrected chi connectivity index (χ3v) is 8.25. The molecule has 2 aromatic carbocycles. The molecule has 1 saturated heterocycles. The Morgan fingerprint density at radius 1 is 0.723 bits per heavy atom. The number of guanidine groups is 3. The summed E-state index contributed by atoms with van der Waals surface area (Å²) in [7, 11) is 0. The first-order valence-corrected chi connectivity index (χ1v) is 22.3. The predicted octanol–water partition coefficient (Wildman–Crippen LogP) is 7.92. The number of imidazole rings is 3. The number of hydrogen-bond acceptors (Lipinski definition) is 11. The summed E-state index contributed by atoms with van der Waals surface area (Å²) in [5, 5.41) is 10.1. The van der Waals surface area contributed by atoms with Crippen LogP contribution in [0.5, 0.6) is 0 Å². The highest BCUT2D eigenvalue weighted by molar-refractivity contribution is 5.80. The van der Waals surface area contributed by atoms with Crippen molar-refractivity contribution in [3.63, 3.8) is 0 Å². The minimum atomic E-state index is 0. The van der Waals surface area contributed by atoms with Crippen LogP contribution in [0.3, 0.4) is 0 Å². The number of likely N-dealkylation sites (tertiary alicyclic amines) is 1. The number of anilines is 3. The maximum atomic E-state index is 7.00. The highest BCUT2D eigenvalue weighted by atomic mass is 15.2. The van der Waals surface area contributed by atoms with Crippen molar-refractivity contribution in [1.29, 1.82) is 5.41 Å². The molecule has 65 heavy (non-hydrogen) atoms. The molecule has 368 valence electrons. The number of H-pyrrole nitrogens is 1. The van der Waals surface area contributed by atoms with E-state index in [1.807, 2.05) is 82.6 Å².